The van der Waals surface area contributed by atoms with Crippen molar-refractivity contribution in [1.82, 2.24) is 10.6 Å². The lowest BCUT2D eigenvalue weighted by atomic mass is 9.80. The van der Waals surface area contributed by atoms with Crippen molar-refractivity contribution in [3.05, 3.63) is 35.4 Å². The van der Waals surface area contributed by atoms with Gasteiger partial charge in [0.25, 0.3) is 0 Å². The van der Waals surface area contributed by atoms with E-state index in [1.54, 1.807) is 0 Å². The van der Waals surface area contributed by atoms with Crippen LogP contribution in [0.1, 0.15) is 62.2 Å². The number of amides is 2. The molecule has 1 aromatic carbocycles. The van der Waals surface area contributed by atoms with E-state index < -0.39 is 28.9 Å². The average Bonchev–Trinajstić information content (AvgIpc) is 2.60. The van der Waals surface area contributed by atoms with Gasteiger partial charge >= 0.3 is 0 Å². The number of ketones is 1. The maximum atomic E-state index is 13.6. The molecule has 2 rings (SSSR count). The zero-order valence-electron chi connectivity index (χ0n) is 14.9. The van der Waals surface area contributed by atoms with E-state index in [2.05, 4.69) is 10.6 Å². The first-order chi connectivity index (χ1) is 12.4. The van der Waals surface area contributed by atoms with Gasteiger partial charge in [-0.25, -0.2) is 8.78 Å². The first-order valence-electron chi connectivity index (χ1n) is 8.95. The molecule has 1 fully saturated rings. The minimum Gasteiger partial charge on any atom is -0.354 e. The maximum Gasteiger partial charge on any atom is 0.245 e. The predicted octanol–water partition coefficient (Wildman–Crippen LogP) is 2.88. The normalized spacial score (nSPS) is 16.0. The SMILES string of the molecule is CCNC(=O)C1(NC(=O)CCC(=O)c2ccc(F)cc2F)CCCCC1. The number of Topliss-reactive ketones (excluding diaryl/α,β-unsaturated/α-hetero) is 1. The minimum atomic E-state index is -0.943. The molecule has 0 radical (unpaired) electrons. The van der Waals surface area contributed by atoms with E-state index in [1.807, 2.05) is 6.92 Å². The highest BCUT2D eigenvalue weighted by Crippen LogP contribution is 2.28. The van der Waals surface area contributed by atoms with Gasteiger partial charge in [0.2, 0.25) is 11.8 Å². The van der Waals surface area contributed by atoms with Gasteiger partial charge < -0.3 is 10.6 Å². The highest BCUT2D eigenvalue weighted by atomic mass is 19.1. The van der Waals surface area contributed by atoms with Gasteiger partial charge in [-0.05, 0) is 31.9 Å². The average molecular weight is 366 g/mol. The molecule has 1 aliphatic rings. The van der Waals surface area contributed by atoms with Crippen molar-refractivity contribution in [1.29, 1.82) is 0 Å². The summed E-state index contributed by atoms with van der Waals surface area (Å²) in [5.41, 5.74) is -1.18. The molecule has 0 spiro atoms. The molecular weight excluding hydrogens is 342 g/mol. The van der Waals surface area contributed by atoms with Gasteiger partial charge in [-0.2, -0.15) is 0 Å². The Morgan fingerprint density at radius 2 is 1.77 bits per heavy atom. The zero-order chi connectivity index (χ0) is 19.2. The molecule has 0 heterocycles. The second-order valence-corrected chi connectivity index (χ2v) is 6.60. The third kappa shape index (κ3) is 4.86. The monoisotopic (exact) mass is 366 g/mol. The number of halogens is 2. The summed E-state index contributed by atoms with van der Waals surface area (Å²) in [7, 11) is 0. The molecule has 0 atom stereocenters. The Morgan fingerprint density at radius 1 is 1.08 bits per heavy atom. The number of carbonyl (C=O) groups excluding carboxylic acids is 3. The molecule has 1 aromatic rings. The van der Waals surface area contributed by atoms with Gasteiger partial charge in [-0.3, -0.25) is 14.4 Å². The summed E-state index contributed by atoms with van der Waals surface area (Å²) in [5, 5.41) is 5.55. The van der Waals surface area contributed by atoms with Crippen molar-refractivity contribution in [3.8, 4) is 0 Å². The fourth-order valence-electron chi connectivity index (χ4n) is 3.30. The van der Waals surface area contributed by atoms with E-state index in [1.165, 1.54) is 0 Å². The quantitative estimate of drug-likeness (QED) is 0.729. The van der Waals surface area contributed by atoms with Crippen LogP contribution in [0.4, 0.5) is 8.78 Å². The summed E-state index contributed by atoms with van der Waals surface area (Å²) in [6.45, 7) is 2.28. The topological polar surface area (TPSA) is 75.3 Å². The van der Waals surface area contributed by atoms with Crippen molar-refractivity contribution in [2.75, 3.05) is 6.54 Å². The molecule has 0 aliphatic heterocycles. The van der Waals surface area contributed by atoms with Crippen LogP contribution in [-0.4, -0.2) is 29.7 Å². The van der Waals surface area contributed by atoms with Crippen LogP contribution in [0.3, 0.4) is 0 Å². The Hall–Kier alpha value is -2.31. The second kappa shape index (κ2) is 8.87. The minimum absolute atomic E-state index is 0.156. The predicted molar refractivity (Wildman–Crippen MR) is 92.6 cm³/mol. The van der Waals surface area contributed by atoms with Crippen molar-refractivity contribution in [2.45, 2.75) is 57.4 Å². The van der Waals surface area contributed by atoms with Gasteiger partial charge in [-0.15, -0.1) is 0 Å². The van der Waals surface area contributed by atoms with Crippen LogP contribution in [0, 0.1) is 11.6 Å². The molecule has 2 amide bonds. The van der Waals surface area contributed by atoms with Gasteiger partial charge in [0.05, 0.1) is 5.56 Å². The standard InChI is InChI=1S/C19H24F2N2O3/c1-2-22-18(26)19(10-4-3-5-11-19)23-17(25)9-8-16(24)14-7-6-13(20)12-15(14)21/h6-7,12H,2-5,8-11H2,1H3,(H,22,26)(H,23,25). The van der Waals surface area contributed by atoms with Crippen LogP contribution < -0.4 is 10.6 Å². The number of benzene rings is 1. The Bertz CT molecular complexity index is 685. The van der Waals surface area contributed by atoms with Crippen molar-refractivity contribution in [2.24, 2.45) is 0 Å². The summed E-state index contributed by atoms with van der Waals surface area (Å²) < 4.78 is 26.5. The lowest BCUT2D eigenvalue weighted by Crippen LogP contribution is -2.59. The van der Waals surface area contributed by atoms with Crippen LogP contribution >= 0.6 is 0 Å². The number of rotatable bonds is 7. The Kier molecular flexibility index (Phi) is 6.83. The summed E-state index contributed by atoms with van der Waals surface area (Å²) in [5.74, 6) is -2.91. The van der Waals surface area contributed by atoms with Crippen molar-refractivity contribution < 1.29 is 23.2 Å². The van der Waals surface area contributed by atoms with E-state index in [4.69, 9.17) is 0 Å². The largest absolute Gasteiger partial charge is 0.354 e. The molecular formula is C19H24F2N2O3. The summed E-state index contributed by atoms with van der Waals surface area (Å²) in [6.07, 6.45) is 3.46. The summed E-state index contributed by atoms with van der Waals surface area (Å²) in [6, 6.07) is 2.71. The van der Waals surface area contributed by atoms with Crippen molar-refractivity contribution >= 4 is 17.6 Å². The summed E-state index contributed by atoms with van der Waals surface area (Å²) in [4.78, 5) is 36.8. The fraction of sp³-hybridized carbons (Fsp3) is 0.526. The lowest BCUT2D eigenvalue weighted by Gasteiger charge is -2.36. The van der Waals surface area contributed by atoms with E-state index in [0.717, 1.165) is 31.4 Å². The molecule has 2 N–H and O–H groups in total. The third-order valence-corrected chi connectivity index (χ3v) is 4.67. The number of hydrogen-bond acceptors (Lipinski definition) is 3. The first kappa shape index (κ1) is 20.0. The molecule has 0 bridgehead atoms. The molecule has 0 saturated heterocycles. The maximum absolute atomic E-state index is 13.6. The van der Waals surface area contributed by atoms with Gasteiger partial charge in [0, 0.05) is 25.5 Å². The molecule has 5 nitrogen and oxygen atoms in total. The van der Waals surface area contributed by atoms with Gasteiger partial charge in [0.1, 0.15) is 17.2 Å². The Morgan fingerprint density at radius 3 is 2.38 bits per heavy atom. The fourth-order valence-corrected chi connectivity index (χ4v) is 3.30. The molecule has 1 aliphatic carbocycles. The third-order valence-electron chi connectivity index (χ3n) is 4.67. The Balaban J connectivity index is 1.97. The van der Waals surface area contributed by atoms with Crippen LogP contribution in [0.25, 0.3) is 0 Å². The lowest BCUT2D eigenvalue weighted by molar-refractivity contribution is -0.135. The van der Waals surface area contributed by atoms with E-state index in [0.29, 0.717) is 25.5 Å². The second-order valence-electron chi connectivity index (χ2n) is 6.60. The molecule has 142 valence electrons. The number of likely N-dealkylation sites (N-methyl/N-ethyl adjacent to an activating group) is 1. The van der Waals surface area contributed by atoms with Gasteiger partial charge in [0.15, 0.2) is 5.78 Å². The van der Waals surface area contributed by atoms with Crippen LogP contribution in [0.2, 0.25) is 0 Å². The number of carbonyl (C=O) groups is 3. The number of hydrogen-bond donors (Lipinski definition) is 2. The van der Waals surface area contributed by atoms with Crippen LogP contribution in [0.5, 0.6) is 0 Å². The number of nitrogens with one attached hydrogen (secondary N) is 2. The van der Waals surface area contributed by atoms with E-state index in [9.17, 15) is 23.2 Å². The van der Waals surface area contributed by atoms with Crippen molar-refractivity contribution in [3.63, 3.8) is 0 Å². The highest BCUT2D eigenvalue weighted by molar-refractivity contribution is 5.99. The van der Waals surface area contributed by atoms with E-state index in [-0.39, 0.29) is 24.3 Å². The molecule has 7 heteroatoms. The molecule has 0 aromatic heterocycles. The van der Waals surface area contributed by atoms with E-state index >= 15 is 0 Å². The molecule has 0 unspecified atom stereocenters. The highest BCUT2D eigenvalue weighted by Gasteiger charge is 2.40. The molecule has 26 heavy (non-hydrogen) atoms. The summed E-state index contributed by atoms with van der Waals surface area (Å²) >= 11 is 0. The van der Waals surface area contributed by atoms with Gasteiger partial charge in [-0.1, -0.05) is 19.3 Å². The Labute approximate surface area is 151 Å². The molecule has 1 saturated carbocycles. The van der Waals surface area contributed by atoms with Crippen LogP contribution in [0.15, 0.2) is 18.2 Å². The smallest absolute Gasteiger partial charge is 0.245 e. The van der Waals surface area contributed by atoms with Crippen LogP contribution in [-0.2, 0) is 9.59 Å². The zero-order valence-corrected chi connectivity index (χ0v) is 14.9. The first-order valence-corrected chi connectivity index (χ1v) is 8.95.